The number of halogens is 1. The van der Waals surface area contributed by atoms with Gasteiger partial charge in [0.1, 0.15) is 6.17 Å². The zero-order valence-electron chi connectivity index (χ0n) is 18.1. The maximum absolute atomic E-state index is 14.0. The van der Waals surface area contributed by atoms with Gasteiger partial charge in [-0.15, -0.1) is 0 Å². The molecule has 2 N–H and O–H groups in total. The van der Waals surface area contributed by atoms with Gasteiger partial charge in [0.25, 0.3) is 0 Å². The monoisotopic (exact) mass is 408 g/mol. The molecule has 0 bridgehead atoms. The predicted octanol–water partition coefficient (Wildman–Crippen LogP) is 1.94. The molecule has 0 aliphatic heterocycles. The number of rotatable bonds is 20. The van der Waals surface area contributed by atoms with Gasteiger partial charge in [0, 0.05) is 12.5 Å². The van der Waals surface area contributed by atoms with E-state index in [0.29, 0.717) is 46.2 Å². The average molecular weight is 409 g/mol. The molecule has 0 radical (unpaired) electrons. The Labute approximate surface area is 170 Å². The summed E-state index contributed by atoms with van der Waals surface area (Å²) in [5.41, 5.74) is 0. The zero-order chi connectivity index (χ0) is 21.0. The maximum atomic E-state index is 14.0. The number of nitrogens with one attached hydrogen (secondary N) is 2. The van der Waals surface area contributed by atoms with Gasteiger partial charge in [0.2, 0.25) is 5.91 Å². The van der Waals surface area contributed by atoms with Crippen molar-refractivity contribution in [3.05, 3.63) is 0 Å². The van der Waals surface area contributed by atoms with E-state index in [4.69, 9.17) is 18.9 Å². The fourth-order valence-electron chi connectivity index (χ4n) is 2.36. The number of hydrogen-bond donors (Lipinski definition) is 2. The molecule has 3 atom stereocenters. The van der Waals surface area contributed by atoms with Crippen LogP contribution >= 0.6 is 0 Å². The van der Waals surface area contributed by atoms with Gasteiger partial charge in [-0.25, -0.2) is 4.39 Å². The molecule has 0 aromatic carbocycles. The molecule has 0 aliphatic rings. The van der Waals surface area contributed by atoms with Gasteiger partial charge in [0.05, 0.1) is 58.9 Å². The Kier molecular flexibility index (Phi) is 19.0. The predicted molar refractivity (Wildman–Crippen MR) is 108 cm³/mol. The summed E-state index contributed by atoms with van der Waals surface area (Å²) in [5.74, 6) is -0.197. The first-order valence-electron chi connectivity index (χ1n) is 10.5. The van der Waals surface area contributed by atoms with Crippen molar-refractivity contribution in [1.82, 2.24) is 10.6 Å². The zero-order valence-corrected chi connectivity index (χ0v) is 18.1. The molecule has 0 aromatic rings. The van der Waals surface area contributed by atoms with Crippen LogP contribution in [0.4, 0.5) is 4.39 Å². The molecule has 168 valence electrons. The standard InChI is InChI=1S/C20H41FN2O5/c1-5-7-17(3)20(24)23-16-19(21)18(4)28-15-14-27-13-12-26-11-10-25-9-8-22-6-2/h17-19,22H,5-16H2,1-4H3,(H,23,24). The van der Waals surface area contributed by atoms with Crippen molar-refractivity contribution < 1.29 is 28.1 Å². The summed E-state index contributed by atoms with van der Waals surface area (Å²) in [5, 5.41) is 5.82. The van der Waals surface area contributed by atoms with Gasteiger partial charge in [-0.1, -0.05) is 27.2 Å². The number of amides is 1. The molecular formula is C20H41FN2O5. The van der Waals surface area contributed by atoms with Crippen LogP contribution in [0, 0.1) is 5.92 Å². The Balaban J connectivity index is 3.46. The molecule has 0 saturated carbocycles. The topological polar surface area (TPSA) is 78.1 Å². The lowest BCUT2D eigenvalue weighted by Crippen LogP contribution is -2.39. The highest BCUT2D eigenvalue weighted by Gasteiger charge is 2.19. The van der Waals surface area contributed by atoms with E-state index in [1.165, 1.54) is 0 Å². The van der Waals surface area contributed by atoms with Gasteiger partial charge in [0.15, 0.2) is 0 Å². The van der Waals surface area contributed by atoms with Crippen LogP contribution in [0.3, 0.4) is 0 Å². The molecule has 0 aliphatic carbocycles. The molecule has 0 aromatic heterocycles. The lowest BCUT2D eigenvalue weighted by Gasteiger charge is -2.19. The van der Waals surface area contributed by atoms with Crippen LogP contribution in [-0.4, -0.2) is 84.1 Å². The second-order valence-electron chi connectivity index (χ2n) is 6.72. The summed E-state index contributed by atoms with van der Waals surface area (Å²) in [4.78, 5) is 11.8. The number of likely N-dealkylation sites (N-methyl/N-ethyl adjacent to an activating group) is 1. The van der Waals surface area contributed by atoms with Crippen LogP contribution < -0.4 is 10.6 Å². The number of alkyl halides is 1. The Hall–Kier alpha value is -0.800. The molecule has 1 amide bonds. The summed E-state index contributed by atoms with van der Waals surface area (Å²) >= 11 is 0. The van der Waals surface area contributed by atoms with Crippen LogP contribution in [-0.2, 0) is 23.7 Å². The third kappa shape index (κ3) is 16.2. The van der Waals surface area contributed by atoms with Gasteiger partial charge in [-0.3, -0.25) is 4.79 Å². The Morgan fingerprint density at radius 1 is 0.929 bits per heavy atom. The normalized spacial score (nSPS) is 14.6. The second kappa shape index (κ2) is 19.5. The van der Waals surface area contributed by atoms with E-state index in [2.05, 4.69) is 17.6 Å². The highest BCUT2D eigenvalue weighted by Crippen LogP contribution is 2.06. The Morgan fingerprint density at radius 2 is 1.50 bits per heavy atom. The SMILES string of the molecule is CCCC(C)C(=O)NCC(F)C(C)OCCOCCOCCOCCNCC. The second-order valence-corrected chi connectivity index (χ2v) is 6.72. The molecule has 28 heavy (non-hydrogen) atoms. The van der Waals surface area contributed by atoms with Crippen molar-refractivity contribution in [2.75, 3.05) is 65.9 Å². The van der Waals surface area contributed by atoms with Crippen molar-refractivity contribution in [2.45, 2.75) is 52.8 Å². The first kappa shape index (κ1) is 27.2. The highest BCUT2D eigenvalue weighted by atomic mass is 19.1. The van der Waals surface area contributed by atoms with Crippen molar-refractivity contribution >= 4 is 5.91 Å². The fourth-order valence-corrected chi connectivity index (χ4v) is 2.36. The lowest BCUT2D eigenvalue weighted by molar-refractivity contribution is -0.125. The van der Waals surface area contributed by atoms with Crippen LogP contribution in [0.1, 0.15) is 40.5 Å². The van der Waals surface area contributed by atoms with E-state index < -0.39 is 12.3 Å². The van der Waals surface area contributed by atoms with E-state index in [1.54, 1.807) is 6.92 Å². The quantitative estimate of drug-likeness (QED) is 0.300. The Morgan fingerprint density at radius 3 is 2.07 bits per heavy atom. The lowest BCUT2D eigenvalue weighted by atomic mass is 10.1. The summed E-state index contributed by atoms with van der Waals surface area (Å²) in [7, 11) is 0. The minimum absolute atomic E-state index is 0.0284. The molecule has 0 heterocycles. The molecular weight excluding hydrogens is 367 g/mol. The molecule has 0 spiro atoms. The minimum Gasteiger partial charge on any atom is -0.378 e. The van der Waals surface area contributed by atoms with Gasteiger partial charge in [-0.2, -0.15) is 0 Å². The summed E-state index contributed by atoms with van der Waals surface area (Å²) in [6.45, 7) is 12.8. The summed E-state index contributed by atoms with van der Waals surface area (Å²) in [6, 6.07) is 0. The van der Waals surface area contributed by atoms with Gasteiger partial charge in [-0.05, 0) is 19.9 Å². The van der Waals surface area contributed by atoms with Crippen LogP contribution in [0.25, 0.3) is 0 Å². The van der Waals surface area contributed by atoms with Gasteiger partial charge >= 0.3 is 0 Å². The van der Waals surface area contributed by atoms with Crippen LogP contribution in [0.15, 0.2) is 0 Å². The molecule has 0 rings (SSSR count). The molecule has 7 nitrogen and oxygen atoms in total. The van der Waals surface area contributed by atoms with E-state index in [0.717, 1.165) is 25.9 Å². The number of carbonyl (C=O) groups is 1. The maximum Gasteiger partial charge on any atom is 0.222 e. The number of hydrogen-bond acceptors (Lipinski definition) is 6. The van der Waals surface area contributed by atoms with E-state index in [1.807, 2.05) is 13.8 Å². The molecule has 3 unspecified atom stereocenters. The van der Waals surface area contributed by atoms with Crippen LogP contribution in [0.2, 0.25) is 0 Å². The average Bonchev–Trinajstić information content (AvgIpc) is 2.69. The third-order valence-electron chi connectivity index (χ3n) is 4.18. The summed E-state index contributed by atoms with van der Waals surface area (Å²) < 4.78 is 35.6. The molecule has 8 heteroatoms. The highest BCUT2D eigenvalue weighted by molar-refractivity contribution is 5.78. The van der Waals surface area contributed by atoms with E-state index in [-0.39, 0.29) is 18.4 Å². The minimum atomic E-state index is -1.24. The third-order valence-corrected chi connectivity index (χ3v) is 4.18. The molecule has 0 fully saturated rings. The van der Waals surface area contributed by atoms with Crippen LogP contribution in [0.5, 0.6) is 0 Å². The van der Waals surface area contributed by atoms with E-state index in [9.17, 15) is 9.18 Å². The largest absolute Gasteiger partial charge is 0.378 e. The van der Waals surface area contributed by atoms with Crippen molar-refractivity contribution in [1.29, 1.82) is 0 Å². The van der Waals surface area contributed by atoms with Gasteiger partial charge < -0.3 is 29.6 Å². The first-order valence-corrected chi connectivity index (χ1v) is 10.5. The van der Waals surface area contributed by atoms with Crippen molar-refractivity contribution in [3.63, 3.8) is 0 Å². The number of ether oxygens (including phenoxy) is 4. The Bertz CT molecular complexity index is 363. The van der Waals surface area contributed by atoms with Crippen molar-refractivity contribution in [2.24, 2.45) is 5.92 Å². The number of carbonyl (C=O) groups excluding carboxylic acids is 1. The summed E-state index contributed by atoms with van der Waals surface area (Å²) in [6.07, 6.45) is -0.100. The fraction of sp³-hybridized carbons (Fsp3) is 0.950. The van der Waals surface area contributed by atoms with E-state index >= 15 is 0 Å². The molecule has 0 saturated heterocycles. The van der Waals surface area contributed by atoms with Crippen molar-refractivity contribution in [3.8, 4) is 0 Å². The first-order chi connectivity index (χ1) is 13.5. The smallest absolute Gasteiger partial charge is 0.222 e.